The van der Waals surface area contributed by atoms with Crippen molar-refractivity contribution >= 4 is 27.6 Å². The quantitative estimate of drug-likeness (QED) is 0.483. The van der Waals surface area contributed by atoms with Gasteiger partial charge in [0.05, 0.1) is 29.5 Å². The van der Waals surface area contributed by atoms with Crippen molar-refractivity contribution in [3.8, 4) is 5.75 Å². The number of nitrogens with one attached hydrogen (secondary N) is 1. The summed E-state index contributed by atoms with van der Waals surface area (Å²) in [6.45, 7) is 0.502. The summed E-state index contributed by atoms with van der Waals surface area (Å²) in [6.07, 6.45) is -1.72. The van der Waals surface area contributed by atoms with E-state index in [1.807, 2.05) is 0 Å². The van der Waals surface area contributed by atoms with E-state index in [1.165, 1.54) is 29.2 Å². The number of ether oxygens (including phenoxy) is 1. The Morgan fingerprint density at radius 2 is 1.78 bits per heavy atom. The van der Waals surface area contributed by atoms with Crippen LogP contribution in [-0.2, 0) is 21.0 Å². The molecule has 3 aromatic rings. The van der Waals surface area contributed by atoms with Crippen LogP contribution in [0.4, 0.5) is 29.2 Å². The number of hydrogen-bond acceptors (Lipinski definition) is 6. The number of amides is 1. The maximum atomic E-state index is 13.5. The van der Waals surface area contributed by atoms with Crippen LogP contribution in [0.1, 0.15) is 41.9 Å². The van der Waals surface area contributed by atoms with Crippen molar-refractivity contribution in [2.75, 3.05) is 22.8 Å². The molecule has 2 aliphatic heterocycles. The molecule has 0 saturated carbocycles. The highest BCUT2D eigenvalue weighted by molar-refractivity contribution is 7.92. The molecule has 0 radical (unpaired) electrons. The van der Waals surface area contributed by atoms with Gasteiger partial charge in [0.1, 0.15) is 5.75 Å². The van der Waals surface area contributed by atoms with E-state index in [9.17, 15) is 30.8 Å². The fraction of sp³-hybridized carbons (Fsp3) is 0.292. The minimum atomic E-state index is -4.58. The molecule has 3 heterocycles. The molecule has 1 saturated heterocycles. The third-order valence-electron chi connectivity index (χ3n) is 6.28. The lowest BCUT2D eigenvalue weighted by Crippen LogP contribution is -2.27. The first-order valence-corrected chi connectivity index (χ1v) is 12.8. The Morgan fingerprint density at radius 3 is 2.46 bits per heavy atom. The van der Waals surface area contributed by atoms with Gasteiger partial charge in [0.2, 0.25) is 11.9 Å². The van der Waals surface area contributed by atoms with E-state index >= 15 is 0 Å². The zero-order valence-electron chi connectivity index (χ0n) is 19.1. The third-order valence-corrected chi connectivity index (χ3v) is 7.60. The van der Waals surface area contributed by atoms with Gasteiger partial charge in [0.25, 0.3) is 10.0 Å². The zero-order valence-corrected chi connectivity index (χ0v) is 19.9. The predicted octanol–water partition coefficient (Wildman–Crippen LogP) is 4.48. The molecule has 37 heavy (non-hydrogen) atoms. The van der Waals surface area contributed by atoms with Crippen LogP contribution in [0.25, 0.3) is 0 Å². The summed E-state index contributed by atoms with van der Waals surface area (Å²) in [5, 5.41) is 0. The SMILES string of the molecule is O=C1CCCN1c1cc(C(F)(F)F)ccc1C1CCOc2cc(S(=O)(=O)Nc3ncc(F)cn3)ccc21. The maximum Gasteiger partial charge on any atom is 0.416 e. The molecule has 194 valence electrons. The highest BCUT2D eigenvalue weighted by Crippen LogP contribution is 2.45. The number of anilines is 2. The molecular weight excluding hydrogens is 516 g/mol. The Bertz CT molecular complexity index is 1460. The molecule has 1 amide bonds. The van der Waals surface area contributed by atoms with Gasteiger partial charge in [-0.25, -0.2) is 27.5 Å². The van der Waals surface area contributed by atoms with Crippen molar-refractivity contribution in [1.29, 1.82) is 0 Å². The third kappa shape index (κ3) is 4.95. The molecule has 2 aliphatic rings. The van der Waals surface area contributed by atoms with Crippen LogP contribution in [0, 0.1) is 5.82 Å². The number of halogens is 4. The van der Waals surface area contributed by atoms with Crippen molar-refractivity contribution in [1.82, 2.24) is 9.97 Å². The molecule has 1 unspecified atom stereocenters. The number of alkyl halides is 3. The first kappa shape index (κ1) is 24.9. The summed E-state index contributed by atoms with van der Waals surface area (Å²) in [4.78, 5) is 20.8. The minimum Gasteiger partial charge on any atom is -0.493 e. The van der Waals surface area contributed by atoms with Gasteiger partial charge >= 0.3 is 6.18 Å². The molecular formula is C24H20F4N4O4S. The van der Waals surface area contributed by atoms with Crippen molar-refractivity contribution in [3.63, 3.8) is 0 Å². The van der Waals surface area contributed by atoms with Crippen molar-refractivity contribution in [2.45, 2.75) is 36.3 Å². The number of fused-ring (bicyclic) bond motifs is 1. The molecule has 1 N–H and O–H groups in total. The summed E-state index contributed by atoms with van der Waals surface area (Å²) in [6, 6.07) is 7.53. The van der Waals surface area contributed by atoms with E-state index in [1.54, 1.807) is 0 Å². The number of aromatic nitrogens is 2. The summed E-state index contributed by atoms with van der Waals surface area (Å²) in [5.41, 5.74) is 0.452. The topological polar surface area (TPSA) is 101 Å². The van der Waals surface area contributed by atoms with E-state index in [-0.39, 0.29) is 41.2 Å². The second kappa shape index (κ2) is 9.29. The van der Waals surface area contributed by atoms with E-state index in [0.717, 1.165) is 24.5 Å². The van der Waals surface area contributed by atoms with Gasteiger partial charge in [-0.05, 0) is 36.6 Å². The van der Waals surface area contributed by atoms with Gasteiger partial charge in [-0.1, -0.05) is 12.1 Å². The van der Waals surface area contributed by atoms with E-state index in [0.29, 0.717) is 30.5 Å². The number of carbonyl (C=O) groups excluding carboxylic acids is 1. The van der Waals surface area contributed by atoms with Crippen molar-refractivity contribution in [2.24, 2.45) is 0 Å². The molecule has 5 rings (SSSR count). The molecule has 1 aromatic heterocycles. The number of benzene rings is 2. The van der Waals surface area contributed by atoms with Gasteiger partial charge in [-0.15, -0.1) is 0 Å². The molecule has 1 atom stereocenters. The Morgan fingerprint density at radius 1 is 1.05 bits per heavy atom. The average molecular weight is 537 g/mol. The standard InChI is InChI=1S/C24H20F4N4O4S/c25-15-12-29-23(30-13-15)31-37(34,35)16-4-6-19-17(7-9-36-21(19)11-16)18-5-3-14(24(26,27)28)10-20(18)32-8-1-2-22(32)33/h3-6,10-13,17H,1-2,7-9H2,(H,29,30,31). The molecule has 2 aromatic carbocycles. The van der Waals surface area contributed by atoms with Crippen LogP contribution >= 0.6 is 0 Å². The Balaban J connectivity index is 1.52. The largest absolute Gasteiger partial charge is 0.493 e. The molecule has 1 fully saturated rings. The highest BCUT2D eigenvalue weighted by Gasteiger charge is 2.35. The van der Waals surface area contributed by atoms with Gasteiger partial charge in [0, 0.05) is 36.2 Å². The first-order chi connectivity index (χ1) is 17.5. The lowest BCUT2D eigenvalue weighted by molar-refractivity contribution is -0.137. The molecule has 13 heteroatoms. The van der Waals surface area contributed by atoms with Crippen LogP contribution in [0.2, 0.25) is 0 Å². The van der Waals surface area contributed by atoms with Crippen LogP contribution in [0.15, 0.2) is 53.7 Å². The number of rotatable bonds is 5. The molecule has 8 nitrogen and oxygen atoms in total. The van der Waals surface area contributed by atoms with E-state index < -0.39 is 33.5 Å². The Kier molecular flexibility index (Phi) is 6.26. The second-order valence-electron chi connectivity index (χ2n) is 8.64. The number of sulfonamides is 1. The number of carbonyl (C=O) groups is 1. The maximum absolute atomic E-state index is 13.5. The van der Waals surface area contributed by atoms with Gasteiger partial charge in [-0.2, -0.15) is 13.2 Å². The number of hydrogen-bond donors (Lipinski definition) is 1. The number of nitrogens with zero attached hydrogens (tertiary/aromatic N) is 3. The van der Waals surface area contributed by atoms with Crippen molar-refractivity contribution in [3.05, 3.63) is 71.3 Å². The van der Waals surface area contributed by atoms with Crippen LogP contribution < -0.4 is 14.4 Å². The van der Waals surface area contributed by atoms with E-state index in [2.05, 4.69) is 14.7 Å². The Labute approximate surface area is 209 Å². The lowest BCUT2D eigenvalue weighted by Gasteiger charge is -2.30. The summed E-state index contributed by atoms with van der Waals surface area (Å²) in [5.74, 6) is -1.47. The Hall–Kier alpha value is -3.74. The summed E-state index contributed by atoms with van der Waals surface area (Å²) < 4.78 is 87.0. The highest BCUT2D eigenvalue weighted by atomic mass is 32.2. The van der Waals surface area contributed by atoms with Gasteiger partial charge in [0.15, 0.2) is 5.82 Å². The van der Waals surface area contributed by atoms with Gasteiger partial charge < -0.3 is 9.64 Å². The summed E-state index contributed by atoms with van der Waals surface area (Å²) >= 11 is 0. The fourth-order valence-electron chi connectivity index (χ4n) is 4.56. The van der Waals surface area contributed by atoms with Crippen LogP contribution in [0.3, 0.4) is 0 Å². The predicted molar refractivity (Wildman–Crippen MR) is 124 cm³/mol. The monoisotopic (exact) mass is 536 g/mol. The van der Waals surface area contributed by atoms with Crippen LogP contribution in [-0.4, -0.2) is 37.4 Å². The van der Waals surface area contributed by atoms with Gasteiger partial charge in [-0.3, -0.25) is 4.79 Å². The first-order valence-electron chi connectivity index (χ1n) is 11.3. The molecule has 0 aliphatic carbocycles. The minimum absolute atomic E-state index is 0.165. The molecule has 0 spiro atoms. The van der Waals surface area contributed by atoms with E-state index in [4.69, 9.17) is 4.74 Å². The fourth-order valence-corrected chi connectivity index (χ4v) is 5.53. The average Bonchev–Trinajstić information content (AvgIpc) is 3.29. The smallest absolute Gasteiger partial charge is 0.416 e. The second-order valence-corrected chi connectivity index (χ2v) is 10.3. The van der Waals surface area contributed by atoms with Crippen molar-refractivity contribution < 1.29 is 35.5 Å². The zero-order chi connectivity index (χ0) is 26.4. The normalized spacial score (nSPS) is 17.9. The molecule has 0 bridgehead atoms. The van der Waals surface area contributed by atoms with Crippen LogP contribution in [0.5, 0.6) is 5.75 Å². The lowest BCUT2D eigenvalue weighted by atomic mass is 9.85. The summed E-state index contributed by atoms with van der Waals surface area (Å²) in [7, 11) is -4.15.